The molecule has 1 aromatic carbocycles. The van der Waals surface area contributed by atoms with Gasteiger partial charge in [0.1, 0.15) is 6.61 Å². The standard InChI is InChI=1S/C11H10N2O/c1-8-6-11-13(12-8)10-5-3-2-4-9(10)7-14-11/h2-6H,7H2,1H3. The minimum atomic E-state index is 0.640. The second-order valence-corrected chi connectivity index (χ2v) is 3.45. The Hall–Kier alpha value is -1.77. The molecule has 0 atom stereocenters. The van der Waals surface area contributed by atoms with Crippen LogP contribution >= 0.6 is 0 Å². The summed E-state index contributed by atoms with van der Waals surface area (Å²) in [6.07, 6.45) is 0. The monoisotopic (exact) mass is 186 g/mol. The maximum atomic E-state index is 5.57. The summed E-state index contributed by atoms with van der Waals surface area (Å²) in [5, 5.41) is 4.38. The average molecular weight is 186 g/mol. The number of aryl methyl sites for hydroxylation is 1. The van der Waals surface area contributed by atoms with Gasteiger partial charge in [-0.3, -0.25) is 0 Å². The van der Waals surface area contributed by atoms with Crippen LogP contribution in [0.1, 0.15) is 11.3 Å². The van der Waals surface area contributed by atoms with E-state index in [9.17, 15) is 0 Å². The predicted octanol–water partition coefficient (Wildman–Crippen LogP) is 2.07. The molecule has 1 aliphatic heterocycles. The molecule has 0 saturated heterocycles. The second kappa shape index (κ2) is 2.61. The molecular weight excluding hydrogens is 176 g/mol. The number of benzene rings is 1. The maximum absolute atomic E-state index is 5.57. The summed E-state index contributed by atoms with van der Waals surface area (Å²) < 4.78 is 7.43. The van der Waals surface area contributed by atoms with Crippen LogP contribution < -0.4 is 4.74 Å². The Morgan fingerprint density at radius 2 is 2.21 bits per heavy atom. The van der Waals surface area contributed by atoms with Crippen molar-refractivity contribution in [3.05, 3.63) is 41.6 Å². The molecule has 0 spiro atoms. The number of aromatic nitrogens is 2. The minimum absolute atomic E-state index is 0.640. The number of para-hydroxylation sites is 1. The normalized spacial score (nSPS) is 12.9. The molecule has 2 aromatic rings. The van der Waals surface area contributed by atoms with Crippen LogP contribution in [0.25, 0.3) is 5.69 Å². The third kappa shape index (κ3) is 0.954. The van der Waals surface area contributed by atoms with E-state index in [4.69, 9.17) is 4.74 Å². The predicted molar refractivity (Wildman–Crippen MR) is 52.6 cm³/mol. The van der Waals surface area contributed by atoms with Crippen molar-refractivity contribution in [1.82, 2.24) is 9.78 Å². The average Bonchev–Trinajstić information content (AvgIpc) is 2.59. The molecule has 3 rings (SSSR count). The molecule has 0 radical (unpaired) electrons. The first-order valence-corrected chi connectivity index (χ1v) is 4.62. The zero-order valence-electron chi connectivity index (χ0n) is 7.90. The van der Waals surface area contributed by atoms with Gasteiger partial charge in [-0.1, -0.05) is 18.2 Å². The van der Waals surface area contributed by atoms with E-state index in [0.29, 0.717) is 6.61 Å². The Balaban J connectivity index is 2.28. The van der Waals surface area contributed by atoms with Crippen molar-refractivity contribution in [2.24, 2.45) is 0 Å². The molecule has 2 heterocycles. The summed E-state index contributed by atoms with van der Waals surface area (Å²) in [6, 6.07) is 10.1. The fourth-order valence-electron chi connectivity index (χ4n) is 1.74. The van der Waals surface area contributed by atoms with Crippen LogP contribution in [0.3, 0.4) is 0 Å². The van der Waals surface area contributed by atoms with Crippen LogP contribution in [0.15, 0.2) is 30.3 Å². The first kappa shape index (κ1) is 7.62. The molecule has 1 aliphatic rings. The molecule has 14 heavy (non-hydrogen) atoms. The van der Waals surface area contributed by atoms with Crippen molar-refractivity contribution in [1.29, 1.82) is 0 Å². The first-order chi connectivity index (χ1) is 6.84. The SMILES string of the molecule is Cc1cc2n(n1)-c1ccccc1CO2. The van der Waals surface area contributed by atoms with E-state index in [2.05, 4.69) is 17.2 Å². The van der Waals surface area contributed by atoms with Gasteiger partial charge in [-0.05, 0) is 13.0 Å². The van der Waals surface area contributed by atoms with E-state index >= 15 is 0 Å². The van der Waals surface area contributed by atoms with Crippen LogP contribution in [0.5, 0.6) is 5.88 Å². The zero-order chi connectivity index (χ0) is 9.54. The molecule has 0 fully saturated rings. The van der Waals surface area contributed by atoms with Gasteiger partial charge < -0.3 is 4.74 Å². The number of rotatable bonds is 0. The van der Waals surface area contributed by atoms with Crippen molar-refractivity contribution in [2.45, 2.75) is 13.5 Å². The van der Waals surface area contributed by atoms with Crippen LogP contribution in [0.4, 0.5) is 0 Å². The van der Waals surface area contributed by atoms with Gasteiger partial charge in [0.2, 0.25) is 5.88 Å². The zero-order valence-corrected chi connectivity index (χ0v) is 7.90. The molecule has 3 heteroatoms. The lowest BCUT2D eigenvalue weighted by atomic mass is 10.2. The molecule has 0 saturated carbocycles. The number of nitrogens with zero attached hydrogens (tertiary/aromatic N) is 2. The molecule has 0 aliphatic carbocycles. The summed E-state index contributed by atoms with van der Waals surface area (Å²) in [5.74, 6) is 0.834. The Morgan fingerprint density at radius 3 is 3.14 bits per heavy atom. The highest BCUT2D eigenvalue weighted by molar-refractivity contribution is 5.45. The Kier molecular flexibility index (Phi) is 1.42. The van der Waals surface area contributed by atoms with E-state index in [1.807, 2.05) is 29.8 Å². The topological polar surface area (TPSA) is 27.1 Å². The highest BCUT2D eigenvalue weighted by Crippen LogP contribution is 2.27. The van der Waals surface area contributed by atoms with Gasteiger partial charge in [-0.15, -0.1) is 0 Å². The van der Waals surface area contributed by atoms with Gasteiger partial charge >= 0.3 is 0 Å². The van der Waals surface area contributed by atoms with E-state index in [1.54, 1.807) is 0 Å². The minimum Gasteiger partial charge on any atom is -0.473 e. The Labute approximate surface area is 81.9 Å². The van der Waals surface area contributed by atoms with Gasteiger partial charge in [-0.2, -0.15) is 5.10 Å². The number of hydrogen-bond acceptors (Lipinski definition) is 2. The van der Waals surface area contributed by atoms with Crippen molar-refractivity contribution >= 4 is 0 Å². The fourth-order valence-corrected chi connectivity index (χ4v) is 1.74. The number of ether oxygens (including phenoxy) is 1. The van der Waals surface area contributed by atoms with Crippen molar-refractivity contribution in [3.63, 3.8) is 0 Å². The number of fused-ring (bicyclic) bond motifs is 3. The lowest BCUT2D eigenvalue weighted by Gasteiger charge is -2.18. The molecule has 0 unspecified atom stereocenters. The van der Waals surface area contributed by atoms with Gasteiger partial charge in [0.05, 0.1) is 11.4 Å². The van der Waals surface area contributed by atoms with Gasteiger partial charge in [0.15, 0.2) is 0 Å². The van der Waals surface area contributed by atoms with Gasteiger partial charge in [0.25, 0.3) is 0 Å². The maximum Gasteiger partial charge on any atom is 0.217 e. The third-order valence-corrected chi connectivity index (χ3v) is 2.39. The van der Waals surface area contributed by atoms with E-state index in [1.165, 1.54) is 5.56 Å². The van der Waals surface area contributed by atoms with E-state index in [0.717, 1.165) is 17.3 Å². The summed E-state index contributed by atoms with van der Waals surface area (Å²) in [7, 11) is 0. The lowest BCUT2D eigenvalue weighted by Crippen LogP contribution is -2.12. The summed E-state index contributed by atoms with van der Waals surface area (Å²) in [4.78, 5) is 0. The summed E-state index contributed by atoms with van der Waals surface area (Å²) >= 11 is 0. The van der Waals surface area contributed by atoms with Gasteiger partial charge in [-0.25, -0.2) is 4.68 Å². The van der Waals surface area contributed by atoms with E-state index < -0.39 is 0 Å². The van der Waals surface area contributed by atoms with E-state index in [-0.39, 0.29) is 0 Å². The van der Waals surface area contributed by atoms with Crippen LogP contribution in [-0.2, 0) is 6.61 Å². The Morgan fingerprint density at radius 1 is 1.36 bits per heavy atom. The van der Waals surface area contributed by atoms with Crippen molar-refractivity contribution < 1.29 is 4.74 Å². The van der Waals surface area contributed by atoms with Crippen molar-refractivity contribution in [3.8, 4) is 11.6 Å². The number of hydrogen-bond donors (Lipinski definition) is 0. The highest BCUT2D eigenvalue weighted by Gasteiger charge is 2.17. The molecule has 70 valence electrons. The van der Waals surface area contributed by atoms with Crippen molar-refractivity contribution in [2.75, 3.05) is 0 Å². The molecule has 0 bridgehead atoms. The molecular formula is C11H10N2O. The van der Waals surface area contributed by atoms with Crippen LogP contribution in [0.2, 0.25) is 0 Å². The molecule has 1 aromatic heterocycles. The molecule has 0 N–H and O–H groups in total. The Bertz CT molecular complexity index is 488. The lowest BCUT2D eigenvalue weighted by molar-refractivity contribution is 0.271. The first-order valence-electron chi connectivity index (χ1n) is 4.62. The quantitative estimate of drug-likeness (QED) is 0.629. The second-order valence-electron chi connectivity index (χ2n) is 3.45. The highest BCUT2D eigenvalue weighted by atomic mass is 16.5. The summed E-state index contributed by atoms with van der Waals surface area (Å²) in [6.45, 7) is 2.61. The van der Waals surface area contributed by atoms with Crippen LogP contribution in [-0.4, -0.2) is 9.78 Å². The largest absolute Gasteiger partial charge is 0.473 e. The van der Waals surface area contributed by atoms with Gasteiger partial charge in [0, 0.05) is 11.6 Å². The fraction of sp³-hybridized carbons (Fsp3) is 0.182. The molecule has 3 nitrogen and oxygen atoms in total. The molecule has 0 amide bonds. The van der Waals surface area contributed by atoms with Crippen LogP contribution in [0, 0.1) is 6.92 Å². The third-order valence-electron chi connectivity index (χ3n) is 2.39. The smallest absolute Gasteiger partial charge is 0.217 e. The summed E-state index contributed by atoms with van der Waals surface area (Å²) in [5.41, 5.74) is 3.29.